The van der Waals surface area contributed by atoms with Gasteiger partial charge in [-0.3, -0.25) is 9.59 Å². The molecule has 0 radical (unpaired) electrons. The standard InChI is InChI=1S/C20H18N4O2/c1-13-18(14-8-4-2-5-9-14)23-24-16(20(26)22-19(13)24)12-17(25)21-15-10-6-3-7-11-15/h2-11,16H,12H2,1H3,(H,21,25)(H,22,26)/t16-/m1/s1. The van der Waals surface area contributed by atoms with Gasteiger partial charge < -0.3 is 10.6 Å². The summed E-state index contributed by atoms with van der Waals surface area (Å²) < 4.78 is 1.63. The van der Waals surface area contributed by atoms with Crippen LogP contribution in [0.2, 0.25) is 0 Å². The molecule has 0 spiro atoms. The van der Waals surface area contributed by atoms with Crippen LogP contribution in [0.1, 0.15) is 18.0 Å². The lowest BCUT2D eigenvalue weighted by Gasteiger charge is -2.10. The number of rotatable bonds is 4. The van der Waals surface area contributed by atoms with E-state index in [0.29, 0.717) is 11.5 Å². The molecule has 2 amide bonds. The lowest BCUT2D eigenvalue weighted by Crippen LogP contribution is -2.23. The summed E-state index contributed by atoms with van der Waals surface area (Å²) in [7, 11) is 0. The Morgan fingerprint density at radius 3 is 2.46 bits per heavy atom. The molecule has 0 bridgehead atoms. The summed E-state index contributed by atoms with van der Waals surface area (Å²) in [6.45, 7) is 1.92. The third-order valence-corrected chi connectivity index (χ3v) is 4.47. The number of carbonyl (C=O) groups excluding carboxylic acids is 2. The summed E-state index contributed by atoms with van der Waals surface area (Å²) in [6.07, 6.45) is 0.0308. The minimum Gasteiger partial charge on any atom is -0.326 e. The average Bonchev–Trinajstić information content (AvgIpc) is 3.13. The number of hydrogen-bond donors (Lipinski definition) is 2. The van der Waals surface area contributed by atoms with Gasteiger partial charge >= 0.3 is 0 Å². The fraction of sp³-hybridized carbons (Fsp3) is 0.150. The summed E-state index contributed by atoms with van der Waals surface area (Å²) >= 11 is 0. The van der Waals surface area contributed by atoms with E-state index in [9.17, 15) is 9.59 Å². The fourth-order valence-corrected chi connectivity index (χ4v) is 3.16. The highest BCUT2D eigenvalue weighted by Gasteiger charge is 2.35. The zero-order chi connectivity index (χ0) is 18.1. The van der Waals surface area contributed by atoms with Gasteiger partial charge in [0.2, 0.25) is 5.91 Å². The molecule has 0 saturated heterocycles. The van der Waals surface area contributed by atoms with Crippen molar-refractivity contribution in [2.75, 3.05) is 10.6 Å². The van der Waals surface area contributed by atoms with Crippen molar-refractivity contribution in [3.63, 3.8) is 0 Å². The van der Waals surface area contributed by atoms with E-state index in [-0.39, 0.29) is 18.2 Å². The first-order chi connectivity index (χ1) is 12.6. The van der Waals surface area contributed by atoms with E-state index in [1.807, 2.05) is 67.6 Å². The van der Waals surface area contributed by atoms with Crippen LogP contribution in [-0.2, 0) is 9.59 Å². The summed E-state index contributed by atoms with van der Waals surface area (Å²) in [5, 5.41) is 10.3. The fourth-order valence-electron chi connectivity index (χ4n) is 3.16. The van der Waals surface area contributed by atoms with Crippen molar-refractivity contribution in [2.24, 2.45) is 0 Å². The molecule has 0 aliphatic carbocycles. The largest absolute Gasteiger partial charge is 0.326 e. The van der Waals surface area contributed by atoms with Crippen LogP contribution >= 0.6 is 0 Å². The minimum absolute atomic E-state index is 0.0308. The monoisotopic (exact) mass is 346 g/mol. The molecule has 3 aromatic rings. The first-order valence-electron chi connectivity index (χ1n) is 8.44. The van der Waals surface area contributed by atoms with Crippen LogP contribution in [0, 0.1) is 6.92 Å². The van der Waals surface area contributed by atoms with E-state index in [1.165, 1.54) is 0 Å². The van der Waals surface area contributed by atoms with Crippen LogP contribution in [0.4, 0.5) is 11.5 Å². The number of amides is 2. The Morgan fingerprint density at radius 1 is 1.12 bits per heavy atom. The third kappa shape index (κ3) is 2.86. The molecule has 4 rings (SSSR count). The number of hydrogen-bond acceptors (Lipinski definition) is 3. The van der Waals surface area contributed by atoms with Gasteiger partial charge in [0.25, 0.3) is 5.91 Å². The van der Waals surface area contributed by atoms with Crippen molar-refractivity contribution >= 4 is 23.3 Å². The van der Waals surface area contributed by atoms with Crippen LogP contribution in [-0.4, -0.2) is 21.6 Å². The first-order valence-corrected chi connectivity index (χ1v) is 8.44. The first kappa shape index (κ1) is 16.1. The predicted octanol–water partition coefficient (Wildman–Crippen LogP) is 3.38. The van der Waals surface area contributed by atoms with Gasteiger partial charge in [-0.25, -0.2) is 4.68 Å². The number of aromatic nitrogens is 2. The van der Waals surface area contributed by atoms with E-state index in [4.69, 9.17) is 0 Å². The van der Waals surface area contributed by atoms with Crippen molar-refractivity contribution in [1.82, 2.24) is 9.78 Å². The number of para-hydroxylation sites is 1. The summed E-state index contributed by atoms with van der Waals surface area (Å²) in [4.78, 5) is 24.7. The molecule has 1 aliphatic rings. The highest BCUT2D eigenvalue weighted by molar-refractivity contribution is 6.02. The molecule has 6 nitrogen and oxygen atoms in total. The molecule has 6 heteroatoms. The van der Waals surface area contributed by atoms with Gasteiger partial charge in [0.15, 0.2) is 0 Å². The Labute approximate surface area is 150 Å². The maximum atomic E-state index is 12.4. The van der Waals surface area contributed by atoms with Crippen LogP contribution in [0.25, 0.3) is 11.3 Å². The molecular weight excluding hydrogens is 328 g/mol. The number of carbonyl (C=O) groups is 2. The SMILES string of the molecule is Cc1c(-c2ccccc2)nn2c1NC(=O)[C@H]2CC(=O)Nc1ccccc1. The molecule has 2 aromatic carbocycles. The Morgan fingerprint density at radius 2 is 1.77 bits per heavy atom. The molecule has 2 heterocycles. The van der Waals surface area contributed by atoms with Crippen molar-refractivity contribution < 1.29 is 9.59 Å². The second-order valence-electron chi connectivity index (χ2n) is 6.26. The van der Waals surface area contributed by atoms with Gasteiger partial charge in [-0.1, -0.05) is 48.5 Å². The Hall–Kier alpha value is -3.41. The lowest BCUT2D eigenvalue weighted by atomic mass is 10.1. The van der Waals surface area contributed by atoms with Gasteiger partial charge in [-0.05, 0) is 19.1 Å². The topological polar surface area (TPSA) is 76.0 Å². The van der Waals surface area contributed by atoms with Gasteiger partial charge in [-0.15, -0.1) is 0 Å². The molecule has 0 unspecified atom stereocenters. The second kappa shape index (κ2) is 6.48. The van der Waals surface area contributed by atoms with Gasteiger partial charge in [0.1, 0.15) is 11.9 Å². The van der Waals surface area contributed by atoms with Crippen LogP contribution in [0.3, 0.4) is 0 Å². The van der Waals surface area contributed by atoms with Crippen molar-refractivity contribution in [2.45, 2.75) is 19.4 Å². The molecule has 0 saturated carbocycles. The minimum atomic E-state index is -0.648. The van der Waals surface area contributed by atoms with Crippen molar-refractivity contribution in [1.29, 1.82) is 0 Å². The Kier molecular flexibility index (Phi) is 4.01. The number of benzene rings is 2. The summed E-state index contributed by atoms with van der Waals surface area (Å²) in [5.74, 6) is 0.225. The van der Waals surface area contributed by atoms with E-state index in [2.05, 4.69) is 15.7 Å². The van der Waals surface area contributed by atoms with E-state index < -0.39 is 6.04 Å². The Balaban J connectivity index is 1.58. The quantitative estimate of drug-likeness (QED) is 0.760. The van der Waals surface area contributed by atoms with Crippen LogP contribution in [0.5, 0.6) is 0 Å². The molecule has 0 fully saturated rings. The van der Waals surface area contributed by atoms with Crippen LogP contribution < -0.4 is 10.6 Å². The summed E-state index contributed by atoms with van der Waals surface area (Å²) in [5.41, 5.74) is 3.40. The molecule has 26 heavy (non-hydrogen) atoms. The van der Waals surface area contributed by atoms with E-state index in [0.717, 1.165) is 16.8 Å². The average molecular weight is 346 g/mol. The second-order valence-corrected chi connectivity index (χ2v) is 6.26. The van der Waals surface area contributed by atoms with Gasteiger partial charge in [0, 0.05) is 16.8 Å². The van der Waals surface area contributed by atoms with Crippen molar-refractivity contribution in [3.8, 4) is 11.3 Å². The van der Waals surface area contributed by atoms with E-state index in [1.54, 1.807) is 4.68 Å². The van der Waals surface area contributed by atoms with Crippen LogP contribution in [0.15, 0.2) is 60.7 Å². The number of nitrogens with zero attached hydrogens (tertiary/aromatic N) is 2. The summed E-state index contributed by atoms with van der Waals surface area (Å²) in [6, 6.07) is 18.3. The smallest absolute Gasteiger partial charge is 0.251 e. The zero-order valence-corrected chi connectivity index (χ0v) is 14.3. The molecular formula is C20H18N4O2. The maximum absolute atomic E-state index is 12.4. The highest BCUT2D eigenvalue weighted by atomic mass is 16.2. The molecule has 1 aromatic heterocycles. The molecule has 1 atom stereocenters. The predicted molar refractivity (Wildman–Crippen MR) is 99.8 cm³/mol. The molecule has 130 valence electrons. The van der Waals surface area contributed by atoms with E-state index >= 15 is 0 Å². The van der Waals surface area contributed by atoms with Crippen molar-refractivity contribution in [3.05, 3.63) is 66.2 Å². The normalized spacial score (nSPS) is 15.4. The highest BCUT2D eigenvalue weighted by Crippen LogP contribution is 2.35. The molecule has 1 aliphatic heterocycles. The molecule has 2 N–H and O–H groups in total. The zero-order valence-electron chi connectivity index (χ0n) is 14.3. The lowest BCUT2D eigenvalue weighted by molar-refractivity contribution is -0.123. The number of fused-ring (bicyclic) bond motifs is 1. The van der Waals surface area contributed by atoms with Gasteiger partial charge in [0.05, 0.1) is 12.1 Å². The Bertz CT molecular complexity index is 964. The maximum Gasteiger partial charge on any atom is 0.251 e. The third-order valence-electron chi connectivity index (χ3n) is 4.47. The van der Waals surface area contributed by atoms with Gasteiger partial charge in [-0.2, -0.15) is 5.10 Å². The number of nitrogens with one attached hydrogen (secondary N) is 2. The number of anilines is 2.